The number of hydrogen-bond acceptors (Lipinski definition) is 3. The van der Waals surface area contributed by atoms with Crippen LogP contribution in [-0.4, -0.2) is 38.1 Å². The molecule has 116 valence electrons. The van der Waals surface area contributed by atoms with Gasteiger partial charge in [-0.3, -0.25) is 9.59 Å². The van der Waals surface area contributed by atoms with Crippen molar-refractivity contribution in [3.05, 3.63) is 42.5 Å². The van der Waals surface area contributed by atoms with Gasteiger partial charge in [0, 0.05) is 30.9 Å². The van der Waals surface area contributed by atoms with Crippen LogP contribution in [0.5, 0.6) is 0 Å². The fourth-order valence-electron chi connectivity index (χ4n) is 3.37. The highest BCUT2D eigenvalue weighted by molar-refractivity contribution is 6.00. The molecule has 1 aromatic rings. The second kappa shape index (κ2) is 5.93. The van der Waals surface area contributed by atoms with Crippen molar-refractivity contribution in [3.63, 3.8) is 0 Å². The van der Waals surface area contributed by atoms with Crippen molar-refractivity contribution in [3.8, 4) is 0 Å². The molecule has 2 amide bonds. The molecule has 2 aliphatic rings. The lowest BCUT2D eigenvalue weighted by atomic mass is 9.76. The van der Waals surface area contributed by atoms with Gasteiger partial charge in [0.05, 0.1) is 6.54 Å². The minimum absolute atomic E-state index is 0.00699. The number of benzene rings is 1. The predicted octanol–water partition coefficient (Wildman–Crippen LogP) is 1.38. The number of nitrogens with one attached hydrogen (secondary N) is 1. The van der Waals surface area contributed by atoms with Crippen LogP contribution < -0.4 is 10.2 Å². The van der Waals surface area contributed by atoms with E-state index in [0.29, 0.717) is 6.54 Å². The van der Waals surface area contributed by atoms with Crippen LogP contribution in [0.4, 0.5) is 5.69 Å². The van der Waals surface area contributed by atoms with Crippen molar-refractivity contribution in [2.75, 3.05) is 31.2 Å². The van der Waals surface area contributed by atoms with Gasteiger partial charge in [0.15, 0.2) is 0 Å². The Kier molecular flexibility index (Phi) is 3.98. The maximum atomic E-state index is 12.5. The molecule has 0 atom stereocenters. The molecule has 0 radical (unpaired) electrons. The summed E-state index contributed by atoms with van der Waals surface area (Å²) in [7, 11) is 0. The van der Waals surface area contributed by atoms with Gasteiger partial charge < -0.3 is 15.0 Å². The molecule has 5 heteroatoms. The van der Waals surface area contributed by atoms with Crippen molar-refractivity contribution < 1.29 is 14.3 Å². The summed E-state index contributed by atoms with van der Waals surface area (Å²) in [5.41, 5.74) is 2.18. The van der Waals surface area contributed by atoms with E-state index in [1.165, 1.54) is 11.6 Å². The quantitative estimate of drug-likeness (QED) is 0.858. The summed E-state index contributed by atoms with van der Waals surface area (Å²) in [6, 6.07) is 8.05. The highest BCUT2D eigenvalue weighted by Gasteiger charge is 2.45. The van der Waals surface area contributed by atoms with E-state index in [4.69, 9.17) is 4.74 Å². The summed E-state index contributed by atoms with van der Waals surface area (Å²) in [5.74, 6) is -0.423. The van der Waals surface area contributed by atoms with Crippen LogP contribution in [0.15, 0.2) is 36.9 Å². The number of carbonyl (C=O) groups is 2. The minimum Gasteiger partial charge on any atom is -0.381 e. The number of nitrogens with zero attached hydrogens (tertiary/aromatic N) is 1. The van der Waals surface area contributed by atoms with Gasteiger partial charge in [-0.05, 0) is 30.5 Å². The van der Waals surface area contributed by atoms with Gasteiger partial charge in [0.1, 0.15) is 0 Å². The molecule has 22 heavy (non-hydrogen) atoms. The normalized spacial score (nSPS) is 18.8. The highest BCUT2D eigenvalue weighted by atomic mass is 16.5. The molecule has 3 rings (SSSR count). The molecule has 0 aromatic heterocycles. The second-order valence-corrected chi connectivity index (χ2v) is 5.81. The molecule has 1 aromatic carbocycles. The van der Waals surface area contributed by atoms with Gasteiger partial charge >= 0.3 is 0 Å². The summed E-state index contributed by atoms with van der Waals surface area (Å²) < 4.78 is 5.49. The van der Waals surface area contributed by atoms with Gasteiger partial charge in [0.2, 0.25) is 11.8 Å². The third-order valence-electron chi connectivity index (χ3n) is 4.58. The van der Waals surface area contributed by atoms with E-state index in [-0.39, 0.29) is 23.8 Å². The van der Waals surface area contributed by atoms with Crippen molar-refractivity contribution >= 4 is 17.5 Å². The van der Waals surface area contributed by atoms with Gasteiger partial charge in [-0.15, -0.1) is 0 Å². The first-order valence-electron chi connectivity index (χ1n) is 7.54. The third kappa shape index (κ3) is 2.52. The first kappa shape index (κ1) is 14.8. The molecular weight excluding hydrogens is 280 g/mol. The van der Waals surface area contributed by atoms with E-state index >= 15 is 0 Å². The smallest absolute Gasteiger partial charge is 0.246 e. The first-order valence-corrected chi connectivity index (χ1v) is 7.54. The lowest BCUT2D eigenvalue weighted by Gasteiger charge is -2.34. The van der Waals surface area contributed by atoms with Crippen molar-refractivity contribution in [2.24, 2.45) is 0 Å². The standard InChI is InChI=1S/C17H20N2O3/c1-2-15(20)18-11-16(21)19-12-17(7-9-22-10-8-17)13-5-3-4-6-14(13)19/h2-6H,1,7-12H2,(H,18,20). The lowest BCUT2D eigenvalue weighted by molar-refractivity contribution is -0.122. The van der Waals surface area contributed by atoms with E-state index in [1.54, 1.807) is 4.90 Å². The Morgan fingerprint density at radius 3 is 2.77 bits per heavy atom. The number of ether oxygens (including phenoxy) is 1. The van der Waals surface area contributed by atoms with Gasteiger partial charge in [0.25, 0.3) is 0 Å². The first-order chi connectivity index (χ1) is 10.7. The maximum absolute atomic E-state index is 12.5. The Balaban J connectivity index is 1.83. The molecule has 0 unspecified atom stereocenters. The molecular formula is C17H20N2O3. The van der Waals surface area contributed by atoms with Gasteiger partial charge in [-0.2, -0.15) is 0 Å². The Labute approximate surface area is 129 Å². The average Bonchev–Trinajstić information content (AvgIpc) is 2.88. The summed E-state index contributed by atoms with van der Waals surface area (Å²) in [4.78, 5) is 25.6. The van der Waals surface area contributed by atoms with Crippen molar-refractivity contribution in [2.45, 2.75) is 18.3 Å². The number of rotatable bonds is 3. The average molecular weight is 300 g/mol. The fourth-order valence-corrected chi connectivity index (χ4v) is 3.37. The summed E-state index contributed by atoms with van der Waals surface area (Å²) in [5, 5.41) is 2.56. The zero-order valence-corrected chi connectivity index (χ0v) is 12.5. The number of anilines is 1. The van der Waals surface area contributed by atoms with Gasteiger partial charge in [-0.25, -0.2) is 0 Å². The van der Waals surface area contributed by atoms with Crippen LogP contribution in [0.2, 0.25) is 0 Å². The molecule has 1 N–H and O–H groups in total. The van der Waals surface area contributed by atoms with Crippen molar-refractivity contribution in [1.82, 2.24) is 5.32 Å². The van der Waals surface area contributed by atoms with Crippen LogP contribution in [0, 0.1) is 0 Å². The molecule has 0 aliphatic carbocycles. The molecule has 0 bridgehead atoms. The zero-order valence-electron chi connectivity index (χ0n) is 12.5. The molecule has 5 nitrogen and oxygen atoms in total. The van der Waals surface area contributed by atoms with Gasteiger partial charge in [-0.1, -0.05) is 24.8 Å². The predicted molar refractivity (Wildman–Crippen MR) is 83.7 cm³/mol. The fraction of sp³-hybridized carbons (Fsp3) is 0.412. The van der Waals surface area contributed by atoms with E-state index in [9.17, 15) is 9.59 Å². The van der Waals surface area contributed by atoms with E-state index in [1.807, 2.05) is 18.2 Å². The maximum Gasteiger partial charge on any atom is 0.246 e. The Bertz CT molecular complexity index is 606. The molecule has 2 heterocycles. The number of carbonyl (C=O) groups excluding carboxylic acids is 2. The molecule has 1 spiro atoms. The van der Waals surface area contributed by atoms with Crippen molar-refractivity contribution in [1.29, 1.82) is 0 Å². The molecule has 1 fully saturated rings. The molecule has 2 aliphatic heterocycles. The monoisotopic (exact) mass is 300 g/mol. The SMILES string of the molecule is C=CC(=O)NCC(=O)N1CC2(CCOCC2)c2ccccc21. The largest absolute Gasteiger partial charge is 0.381 e. The van der Waals surface area contributed by atoms with Crippen LogP contribution in [0.3, 0.4) is 0 Å². The number of fused-ring (bicyclic) bond motifs is 2. The van der Waals surface area contributed by atoms with Crippen LogP contribution >= 0.6 is 0 Å². The Hall–Kier alpha value is -2.14. The Morgan fingerprint density at radius 1 is 1.32 bits per heavy atom. The summed E-state index contributed by atoms with van der Waals surface area (Å²) in [6.07, 6.45) is 3.02. The number of hydrogen-bond donors (Lipinski definition) is 1. The topological polar surface area (TPSA) is 58.6 Å². The van der Waals surface area contributed by atoms with Crippen LogP contribution in [-0.2, 0) is 19.7 Å². The van der Waals surface area contributed by atoms with E-state index < -0.39 is 0 Å². The third-order valence-corrected chi connectivity index (χ3v) is 4.58. The minimum atomic E-state index is -0.332. The molecule has 0 saturated carbocycles. The van der Waals surface area contributed by atoms with E-state index in [2.05, 4.69) is 18.0 Å². The Morgan fingerprint density at radius 2 is 2.05 bits per heavy atom. The number of para-hydroxylation sites is 1. The number of amides is 2. The molecule has 1 saturated heterocycles. The van der Waals surface area contributed by atoms with E-state index in [0.717, 1.165) is 31.7 Å². The lowest BCUT2D eigenvalue weighted by Crippen LogP contribution is -2.44. The highest BCUT2D eigenvalue weighted by Crippen LogP contribution is 2.46. The zero-order chi connectivity index (χ0) is 15.6. The van der Waals surface area contributed by atoms with Crippen LogP contribution in [0.25, 0.3) is 0 Å². The summed E-state index contributed by atoms with van der Waals surface area (Å²) >= 11 is 0. The second-order valence-electron chi connectivity index (χ2n) is 5.81. The summed E-state index contributed by atoms with van der Waals surface area (Å²) in [6.45, 7) is 5.50. The van der Waals surface area contributed by atoms with Crippen LogP contribution in [0.1, 0.15) is 18.4 Å².